The summed E-state index contributed by atoms with van der Waals surface area (Å²) in [5.74, 6) is 0.805. The van der Waals surface area contributed by atoms with Gasteiger partial charge in [-0.2, -0.15) is 0 Å². The number of carbonyl (C=O) groups is 1. The summed E-state index contributed by atoms with van der Waals surface area (Å²) in [5.41, 5.74) is 6.62. The van der Waals surface area contributed by atoms with E-state index in [0.717, 1.165) is 31.4 Å². The molecule has 0 radical (unpaired) electrons. The van der Waals surface area contributed by atoms with Crippen molar-refractivity contribution in [1.29, 1.82) is 0 Å². The number of benzene rings is 1. The fraction of sp³-hybridized carbons (Fsp3) is 0.588. The van der Waals surface area contributed by atoms with E-state index in [9.17, 15) is 4.79 Å². The van der Waals surface area contributed by atoms with Gasteiger partial charge in [-0.15, -0.1) is 0 Å². The molecule has 1 amide bonds. The largest absolute Gasteiger partial charge is 0.491 e. The van der Waals surface area contributed by atoms with Gasteiger partial charge in [0.05, 0.1) is 6.10 Å². The molecule has 4 nitrogen and oxygen atoms in total. The molecule has 0 spiro atoms. The zero-order valence-corrected chi connectivity index (χ0v) is 13.2. The zero-order valence-electron chi connectivity index (χ0n) is 13.2. The van der Waals surface area contributed by atoms with Crippen molar-refractivity contribution in [1.82, 2.24) is 4.90 Å². The van der Waals surface area contributed by atoms with E-state index < -0.39 is 0 Å². The molecule has 116 valence electrons. The summed E-state index contributed by atoms with van der Waals surface area (Å²) in [6.07, 6.45) is 4.09. The van der Waals surface area contributed by atoms with Crippen LogP contribution in [0, 0.1) is 0 Å². The number of ether oxygens (including phenoxy) is 1. The molecule has 2 rings (SSSR count). The van der Waals surface area contributed by atoms with E-state index in [-0.39, 0.29) is 12.0 Å². The minimum absolute atomic E-state index is 0.0599. The topological polar surface area (TPSA) is 55.6 Å². The highest BCUT2D eigenvalue weighted by molar-refractivity contribution is 5.94. The Balaban J connectivity index is 2.05. The van der Waals surface area contributed by atoms with Gasteiger partial charge in [0.2, 0.25) is 0 Å². The van der Waals surface area contributed by atoms with Gasteiger partial charge in [-0.3, -0.25) is 4.79 Å². The van der Waals surface area contributed by atoms with Crippen LogP contribution in [0.4, 0.5) is 0 Å². The number of nitrogens with two attached hydrogens (primary N) is 1. The van der Waals surface area contributed by atoms with Crippen molar-refractivity contribution in [2.75, 3.05) is 7.05 Å². The first-order valence-electron chi connectivity index (χ1n) is 7.77. The molecule has 0 heterocycles. The monoisotopic (exact) mass is 290 g/mol. The van der Waals surface area contributed by atoms with Crippen molar-refractivity contribution in [2.45, 2.75) is 57.7 Å². The molecule has 1 aliphatic rings. The van der Waals surface area contributed by atoms with Crippen molar-refractivity contribution < 1.29 is 9.53 Å². The molecule has 1 aliphatic carbocycles. The van der Waals surface area contributed by atoms with Crippen LogP contribution < -0.4 is 10.5 Å². The van der Waals surface area contributed by atoms with Gasteiger partial charge in [0.15, 0.2) is 0 Å². The average Bonchev–Trinajstić information content (AvgIpc) is 2.46. The molecule has 0 bridgehead atoms. The predicted octanol–water partition coefficient (Wildman–Crippen LogP) is 2.82. The predicted molar refractivity (Wildman–Crippen MR) is 84.5 cm³/mol. The number of hydrogen-bond donors (Lipinski definition) is 1. The zero-order chi connectivity index (χ0) is 15.4. The maximum atomic E-state index is 12.6. The minimum atomic E-state index is 0.0599. The lowest BCUT2D eigenvalue weighted by molar-refractivity contribution is 0.0689. The Morgan fingerprint density at radius 3 is 2.57 bits per heavy atom. The molecule has 0 aromatic heterocycles. The third-order valence-electron chi connectivity index (χ3n) is 4.06. The maximum absolute atomic E-state index is 12.6. The third kappa shape index (κ3) is 4.21. The van der Waals surface area contributed by atoms with Crippen molar-refractivity contribution in [2.24, 2.45) is 5.73 Å². The molecule has 21 heavy (non-hydrogen) atoms. The van der Waals surface area contributed by atoms with Gasteiger partial charge in [0.25, 0.3) is 5.91 Å². The van der Waals surface area contributed by atoms with E-state index in [1.807, 2.05) is 50.1 Å². The summed E-state index contributed by atoms with van der Waals surface area (Å²) >= 11 is 0. The van der Waals surface area contributed by atoms with Crippen LogP contribution in [-0.2, 0) is 0 Å². The SMILES string of the molecule is CC(C)Oc1cccc(C(=O)N(C)C2CCC(N)CC2)c1. The van der Waals surface area contributed by atoms with E-state index in [2.05, 4.69) is 0 Å². The van der Waals surface area contributed by atoms with Crippen LogP contribution in [0.15, 0.2) is 24.3 Å². The molecule has 1 aromatic carbocycles. The van der Waals surface area contributed by atoms with Gasteiger partial charge < -0.3 is 15.4 Å². The summed E-state index contributed by atoms with van der Waals surface area (Å²) in [7, 11) is 1.89. The lowest BCUT2D eigenvalue weighted by Gasteiger charge is -2.33. The Morgan fingerprint density at radius 1 is 1.29 bits per heavy atom. The number of rotatable bonds is 4. The normalized spacial score (nSPS) is 22.1. The highest BCUT2D eigenvalue weighted by atomic mass is 16.5. The van der Waals surface area contributed by atoms with E-state index in [4.69, 9.17) is 10.5 Å². The molecular formula is C17H26N2O2. The van der Waals surface area contributed by atoms with Crippen LogP contribution in [0.25, 0.3) is 0 Å². The second-order valence-electron chi connectivity index (χ2n) is 6.18. The number of carbonyl (C=O) groups excluding carboxylic acids is 1. The third-order valence-corrected chi connectivity index (χ3v) is 4.06. The Bertz CT molecular complexity index is 479. The van der Waals surface area contributed by atoms with Crippen molar-refractivity contribution in [3.63, 3.8) is 0 Å². The van der Waals surface area contributed by atoms with Crippen molar-refractivity contribution in [3.8, 4) is 5.75 Å². The number of nitrogens with zero attached hydrogens (tertiary/aromatic N) is 1. The molecule has 1 saturated carbocycles. The fourth-order valence-corrected chi connectivity index (χ4v) is 2.83. The van der Waals surface area contributed by atoms with Crippen LogP contribution in [0.1, 0.15) is 49.9 Å². The summed E-state index contributed by atoms with van der Waals surface area (Å²) in [6, 6.07) is 8.03. The van der Waals surface area contributed by atoms with Crippen LogP contribution in [0.2, 0.25) is 0 Å². The Hall–Kier alpha value is -1.55. The van der Waals surface area contributed by atoms with Gasteiger partial charge in [0.1, 0.15) is 5.75 Å². The first-order chi connectivity index (χ1) is 9.97. The van der Waals surface area contributed by atoms with E-state index >= 15 is 0 Å². The first kappa shape index (κ1) is 15.8. The average molecular weight is 290 g/mol. The Morgan fingerprint density at radius 2 is 1.95 bits per heavy atom. The van der Waals surface area contributed by atoms with Gasteiger partial charge in [-0.1, -0.05) is 6.07 Å². The lowest BCUT2D eigenvalue weighted by atomic mass is 9.90. The van der Waals surface area contributed by atoms with E-state index in [1.165, 1.54) is 0 Å². The molecule has 0 aliphatic heterocycles. The van der Waals surface area contributed by atoms with Crippen LogP contribution in [0.5, 0.6) is 5.75 Å². The second kappa shape index (κ2) is 6.94. The Kier molecular flexibility index (Phi) is 5.23. The highest BCUT2D eigenvalue weighted by Gasteiger charge is 2.25. The summed E-state index contributed by atoms with van der Waals surface area (Å²) < 4.78 is 5.66. The van der Waals surface area contributed by atoms with Gasteiger partial charge in [0, 0.05) is 24.7 Å². The smallest absolute Gasteiger partial charge is 0.253 e. The van der Waals surface area contributed by atoms with E-state index in [1.54, 1.807) is 0 Å². The van der Waals surface area contributed by atoms with Crippen LogP contribution >= 0.6 is 0 Å². The minimum Gasteiger partial charge on any atom is -0.491 e. The first-order valence-corrected chi connectivity index (χ1v) is 7.77. The van der Waals surface area contributed by atoms with Gasteiger partial charge in [-0.25, -0.2) is 0 Å². The second-order valence-corrected chi connectivity index (χ2v) is 6.18. The summed E-state index contributed by atoms with van der Waals surface area (Å²) in [4.78, 5) is 14.5. The van der Waals surface area contributed by atoms with Crippen LogP contribution in [0.3, 0.4) is 0 Å². The molecule has 0 saturated heterocycles. The fourth-order valence-electron chi connectivity index (χ4n) is 2.83. The van der Waals surface area contributed by atoms with Crippen molar-refractivity contribution in [3.05, 3.63) is 29.8 Å². The molecule has 1 fully saturated rings. The number of amides is 1. The molecule has 0 atom stereocenters. The maximum Gasteiger partial charge on any atom is 0.253 e. The van der Waals surface area contributed by atoms with Gasteiger partial charge in [-0.05, 0) is 57.7 Å². The summed E-state index contributed by atoms with van der Waals surface area (Å²) in [5, 5.41) is 0. The van der Waals surface area contributed by atoms with E-state index in [0.29, 0.717) is 17.6 Å². The highest BCUT2D eigenvalue weighted by Crippen LogP contribution is 2.23. The number of hydrogen-bond acceptors (Lipinski definition) is 3. The van der Waals surface area contributed by atoms with Crippen molar-refractivity contribution >= 4 is 5.91 Å². The van der Waals surface area contributed by atoms with Crippen LogP contribution in [-0.4, -0.2) is 36.0 Å². The lowest BCUT2D eigenvalue weighted by Crippen LogP contribution is -2.41. The molecular weight excluding hydrogens is 264 g/mol. The molecule has 1 aromatic rings. The molecule has 0 unspecified atom stereocenters. The summed E-state index contributed by atoms with van der Waals surface area (Å²) in [6.45, 7) is 3.96. The Labute approximate surface area is 127 Å². The quantitative estimate of drug-likeness (QED) is 0.927. The standard InChI is InChI=1S/C17H26N2O2/c1-12(2)21-16-6-4-5-13(11-16)17(20)19(3)15-9-7-14(18)8-10-15/h4-6,11-12,14-15H,7-10,18H2,1-3H3. The molecule has 2 N–H and O–H groups in total. The molecule has 4 heteroatoms. The van der Waals surface area contributed by atoms with Gasteiger partial charge >= 0.3 is 0 Å².